The van der Waals surface area contributed by atoms with Crippen molar-refractivity contribution in [3.63, 3.8) is 0 Å². The topological polar surface area (TPSA) is 92.8 Å². The number of rotatable bonds is 2. The number of hydrogen-bond acceptors (Lipinski definition) is 4. The smallest absolute Gasteiger partial charge is 0.325 e. The number of ether oxygens (including phenoxy) is 1. The van der Waals surface area contributed by atoms with Gasteiger partial charge in [-0.25, -0.2) is 0 Å². The number of carboxylic acids is 1. The van der Waals surface area contributed by atoms with E-state index in [4.69, 9.17) is 15.6 Å². The molecule has 0 aliphatic carbocycles. The van der Waals surface area contributed by atoms with E-state index < -0.39 is 12.0 Å². The number of phenolic OH excluding ortho intramolecular Hbond substituents is 1. The number of carboxylic acid groups (broad SMARTS) is 1. The zero-order valence-electron chi connectivity index (χ0n) is 7.93. The van der Waals surface area contributed by atoms with E-state index >= 15 is 0 Å². The van der Waals surface area contributed by atoms with Crippen LogP contribution in [0.25, 0.3) is 0 Å². The molecule has 0 spiro atoms. The molecule has 1 heterocycles. The molecule has 1 unspecified atom stereocenters. The lowest BCUT2D eigenvalue weighted by Crippen LogP contribution is -2.20. The zero-order valence-corrected chi connectivity index (χ0v) is 7.93. The minimum Gasteiger partial charge on any atom is -0.508 e. The molecule has 0 amide bonds. The highest BCUT2D eigenvalue weighted by Gasteiger charge is 2.22. The van der Waals surface area contributed by atoms with E-state index in [1.54, 1.807) is 0 Å². The Morgan fingerprint density at radius 3 is 2.93 bits per heavy atom. The Kier molecular flexibility index (Phi) is 2.24. The summed E-state index contributed by atoms with van der Waals surface area (Å²) in [6, 6.07) is 1.79. The molecule has 0 saturated carbocycles. The average molecular weight is 209 g/mol. The van der Waals surface area contributed by atoms with E-state index in [1.165, 1.54) is 12.1 Å². The summed E-state index contributed by atoms with van der Waals surface area (Å²) in [6.07, 6.45) is 0.728. The molecule has 1 aromatic carbocycles. The van der Waals surface area contributed by atoms with Crippen molar-refractivity contribution in [3.05, 3.63) is 23.3 Å². The van der Waals surface area contributed by atoms with E-state index in [0.717, 1.165) is 12.0 Å². The summed E-state index contributed by atoms with van der Waals surface area (Å²) in [7, 11) is 0. The molecule has 1 aromatic rings. The van der Waals surface area contributed by atoms with Crippen LogP contribution in [0.15, 0.2) is 12.1 Å². The Morgan fingerprint density at radius 2 is 2.27 bits per heavy atom. The molecule has 5 nitrogen and oxygen atoms in total. The van der Waals surface area contributed by atoms with Crippen molar-refractivity contribution in [2.24, 2.45) is 5.73 Å². The molecule has 0 aromatic heterocycles. The summed E-state index contributed by atoms with van der Waals surface area (Å²) >= 11 is 0. The van der Waals surface area contributed by atoms with Crippen LogP contribution in [-0.2, 0) is 11.2 Å². The average Bonchev–Trinajstić information content (AvgIpc) is 2.62. The van der Waals surface area contributed by atoms with Crippen LogP contribution in [0.4, 0.5) is 0 Å². The molecular formula is C10H11NO4. The number of carbonyl (C=O) groups is 1. The molecule has 15 heavy (non-hydrogen) atoms. The number of hydrogen-bond donors (Lipinski definition) is 3. The number of aromatic hydroxyl groups is 1. The maximum Gasteiger partial charge on any atom is 0.325 e. The van der Waals surface area contributed by atoms with Gasteiger partial charge in [0.05, 0.1) is 6.61 Å². The highest BCUT2D eigenvalue weighted by atomic mass is 16.5. The van der Waals surface area contributed by atoms with Crippen molar-refractivity contribution in [2.75, 3.05) is 6.61 Å². The van der Waals surface area contributed by atoms with Crippen molar-refractivity contribution >= 4 is 5.97 Å². The van der Waals surface area contributed by atoms with Crippen molar-refractivity contribution < 1.29 is 19.7 Å². The highest BCUT2D eigenvalue weighted by Crippen LogP contribution is 2.34. The lowest BCUT2D eigenvalue weighted by atomic mass is 10.0. The van der Waals surface area contributed by atoms with Gasteiger partial charge in [0, 0.05) is 17.5 Å². The van der Waals surface area contributed by atoms with Gasteiger partial charge in [-0.15, -0.1) is 0 Å². The second-order valence-electron chi connectivity index (χ2n) is 3.43. The number of aliphatic carboxylic acids is 1. The molecule has 0 bridgehead atoms. The first-order chi connectivity index (χ1) is 7.09. The van der Waals surface area contributed by atoms with Crippen LogP contribution < -0.4 is 10.5 Å². The normalized spacial score (nSPS) is 15.5. The fourth-order valence-corrected chi connectivity index (χ4v) is 1.61. The summed E-state index contributed by atoms with van der Waals surface area (Å²) in [5.41, 5.74) is 6.48. The molecule has 0 fully saturated rings. The van der Waals surface area contributed by atoms with Crippen LogP contribution >= 0.6 is 0 Å². The fraction of sp³-hybridized carbons (Fsp3) is 0.300. The molecule has 2 rings (SSSR count). The second kappa shape index (κ2) is 3.43. The van der Waals surface area contributed by atoms with Gasteiger partial charge in [-0.2, -0.15) is 0 Å². The minimum atomic E-state index is -1.22. The summed E-state index contributed by atoms with van der Waals surface area (Å²) < 4.78 is 5.26. The summed E-state index contributed by atoms with van der Waals surface area (Å²) in [6.45, 7) is 0.556. The molecule has 1 atom stereocenters. The van der Waals surface area contributed by atoms with Gasteiger partial charge >= 0.3 is 5.97 Å². The zero-order chi connectivity index (χ0) is 11.0. The van der Waals surface area contributed by atoms with Gasteiger partial charge < -0.3 is 20.7 Å². The molecule has 5 heteroatoms. The molecule has 4 N–H and O–H groups in total. The predicted octanol–water partition coefficient (Wildman–Crippen LogP) is 0.412. The van der Waals surface area contributed by atoms with Gasteiger partial charge in [0.2, 0.25) is 0 Å². The van der Waals surface area contributed by atoms with Crippen LogP contribution in [0.3, 0.4) is 0 Å². The van der Waals surface area contributed by atoms with Crippen molar-refractivity contribution in [1.82, 2.24) is 0 Å². The molecule has 0 saturated heterocycles. The Morgan fingerprint density at radius 1 is 1.53 bits per heavy atom. The van der Waals surface area contributed by atoms with Gasteiger partial charge in [-0.1, -0.05) is 0 Å². The van der Waals surface area contributed by atoms with Gasteiger partial charge in [0.1, 0.15) is 17.5 Å². The fourth-order valence-electron chi connectivity index (χ4n) is 1.61. The SMILES string of the molecule is NC(C(=O)O)c1cc2c(cc1O)CCO2. The number of benzene rings is 1. The van der Waals surface area contributed by atoms with Crippen molar-refractivity contribution in [3.8, 4) is 11.5 Å². The summed E-state index contributed by atoms with van der Waals surface area (Å²) in [5.74, 6) is -0.656. The summed E-state index contributed by atoms with van der Waals surface area (Å²) in [5, 5.41) is 18.3. The van der Waals surface area contributed by atoms with Gasteiger partial charge in [0.15, 0.2) is 0 Å². The van der Waals surface area contributed by atoms with Crippen LogP contribution in [0.2, 0.25) is 0 Å². The lowest BCUT2D eigenvalue weighted by Gasteiger charge is -2.10. The minimum absolute atomic E-state index is 0.0887. The predicted molar refractivity (Wildman–Crippen MR) is 51.9 cm³/mol. The standard InChI is InChI=1S/C10H11NO4/c11-9(10(13)14)6-4-8-5(1-2-15-8)3-7(6)12/h3-4,9,12H,1-2,11H2,(H,13,14). The quantitative estimate of drug-likeness (QED) is 0.656. The first-order valence-corrected chi connectivity index (χ1v) is 4.56. The Hall–Kier alpha value is -1.75. The maximum atomic E-state index is 10.7. The van der Waals surface area contributed by atoms with E-state index in [1.807, 2.05) is 0 Å². The Labute approximate surface area is 86.1 Å². The number of phenols is 1. The molecule has 0 radical (unpaired) electrons. The van der Waals surface area contributed by atoms with Crippen LogP contribution in [0.5, 0.6) is 11.5 Å². The summed E-state index contributed by atoms with van der Waals surface area (Å²) in [4.78, 5) is 10.7. The van der Waals surface area contributed by atoms with Crippen molar-refractivity contribution in [1.29, 1.82) is 0 Å². The van der Waals surface area contributed by atoms with E-state index in [0.29, 0.717) is 12.4 Å². The largest absolute Gasteiger partial charge is 0.508 e. The molecular weight excluding hydrogens is 198 g/mol. The van der Waals surface area contributed by atoms with Crippen molar-refractivity contribution in [2.45, 2.75) is 12.5 Å². The van der Waals surface area contributed by atoms with Gasteiger partial charge in [0.25, 0.3) is 0 Å². The van der Waals surface area contributed by atoms with Gasteiger partial charge in [-0.3, -0.25) is 4.79 Å². The highest BCUT2D eigenvalue weighted by molar-refractivity contribution is 5.76. The third-order valence-corrected chi connectivity index (χ3v) is 2.44. The lowest BCUT2D eigenvalue weighted by molar-refractivity contribution is -0.138. The Bertz CT molecular complexity index is 416. The third kappa shape index (κ3) is 1.61. The molecule has 80 valence electrons. The van der Waals surface area contributed by atoms with Crippen LogP contribution in [0.1, 0.15) is 17.2 Å². The van der Waals surface area contributed by atoms with Gasteiger partial charge in [-0.05, 0) is 12.1 Å². The first kappa shape index (κ1) is 9.79. The maximum absolute atomic E-state index is 10.7. The number of nitrogens with two attached hydrogens (primary N) is 1. The Balaban J connectivity index is 2.44. The van der Waals surface area contributed by atoms with Crippen LogP contribution in [-0.4, -0.2) is 22.8 Å². The van der Waals surface area contributed by atoms with E-state index in [2.05, 4.69) is 0 Å². The van der Waals surface area contributed by atoms with E-state index in [9.17, 15) is 9.90 Å². The van der Waals surface area contributed by atoms with E-state index in [-0.39, 0.29) is 11.3 Å². The number of fused-ring (bicyclic) bond motifs is 1. The first-order valence-electron chi connectivity index (χ1n) is 4.56. The van der Waals surface area contributed by atoms with Crippen LogP contribution in [0, 0.1) is 0 Å². The monoisotopic (exact) mass is 209 g/mol. The second-order valence-corrected chi connectivity index (χ2v) is 3.43. The third-order valence-electron chi connectivity index (χ3n) is 2.44. The molecule has 1 aliphatic heterocycles. The molecule has 1 aliphatic rings.